The van der Waals surface area contributed by atoms with Crippen LogP contribution in [0, 0.1) is 10.1 Å². The summed E-state index contributed by atoms with van der Waals surface area (Å²) >= 11 is 4.86. The maximum atomic E-state index is 13.5. The molecule has 7 nitrogen and oxygen atoms in total. The molecule has 0 aliphatic rings. The molecule has 0 radical (unpaired) electrons. The molecular formula is C27H28BrN3O4S. The third-order valence-electron chi connectivity index (χ3n) is 5.53. The lowest BCUT2D eigenvalue weighted by atomic mass is 10.0. The van der Waals surface area contributed by atoms with Gasteiger partial charge in [-0.05, 0) is 35.7 Å². The first-order chi connectivity index (χ1) is 17.4. The number of non-ortho nitro benzene ring substituents is 1. The van der Waals surface area contributed by atoms with Crippen molar-refractivity contribution in [3.8, 4) is 0 Å². The van der Waals surface area contributed by atoms with Crippen LogP contribution in [0.1, 0.15) is 23.6 Å². The molecule has 0 saturated heterocycles. The normalized spacial score (nSPS) is 11.5. The topological polar surface area (TPSA) is 92.6 Å². The first-order valence-corrected chi connectivity index (χ1v) is 13.5. The summed E-state index contributed by atoms with van der Waals surface area (Å²) in [5.74, 6) is 0.377. The van der Waals surface area contributed by atoms with E-state index < -0.39 is 11.0 Å². The van der Waals surface area contributed by atoms with E-state index in [1.807, 2.05) is 61.5 Å². The molecule has 3 aromatic carbocycles. The number of carbonyl (C=O) groups excluding carboxylic acids is 2. The average molecular weight is 571 g/mol. The molecule has 0 aliphatic heterocycles. The number of carbonyl (C=O) groups is 2. The van der Waals surface area contributed by atoms with Crippen LogP contribution in [-0.4, -0.2) is 40.0 Å². The van der Waals surface area contributed by atoms with Crippen molar-refractivity contribution >= 4 is 45.2 Å². The molecule has 0 aliphatic carbocycles. The zero-order chi connectivity index (χ0) is 25.9. The number of nitrogens with one attached hydrogen (secondary N) is 1. The Morgan fingerprint density at radius 3 is 2.22 bits per heavy atom. The Morgan fingerprint density at radius 2 is 1.61 bits per heavy atom. The van der Waals surface area contributed by atoms with E-state index in [1.165, 1.54) is 23.9 Å². The van der Waals surface area contributed by atoms with Crippen molar-refractivity contribution < 1.29 is 14.5 Å². The molecule has 3 aromatic rings. The summed E-state index contributed by atoms with van der Waals surface area (Å²) in [6.07, 6.45) is 0.405. The minimum atomic E-state index is -0.663. The second kappa shape index (κ2) is 13.8. The zero-order valence-electron chi connectivity index (χ0n) is 19.9. The summed E-state index contributed by atoms with van der Waals surface area (Å²) in [4.78, 5) is 38.8. The van der Waals surface area contributed by atoms with Gasteiger partial charge in [-0.25, -0.2) is 0 Å². The fourth-order valence-electron chi connectivity index (χ4n) is 3.69. The molecule has 36 heavy (non-hydrogen) atoms. The van der Waals surface area contributed by atoms with Crippen LogP contribution in [0.5, 0.6) is 0 Å². The van der Waals surface area contributed by atoms with Crippen LogP contribution in [0.15, 0.2) is 83.3 Å². The number of hydrogen-bond acceptors (Lipinski definition) is 5. The molecule has 188 valence electrons. The number of nitro benzene ring substituents is 1. The molecule has 1 N–H and O–H groups in total. The molecule has 0 spiro atoms. The number of benzene rings is 3. The van der Waals surface area contributed by atoms with Gasteiger partial charge >= 0.3 is 0 Å². The lowest BCUT2D eigenvalue weighted by molar-refractivity contribution is -0.384. The van der Waals surface area contributed by atoms with Crippen molar-refractivity contribution in [2.45, 2.75) is 31.7 Å². The molecule has 0 bridgehead atoms. The highest BCUT2D eigenvalue weighted by atomic mass is 79.9. The minimum Gasteiger partial charge on any atom is -0.355 e. The smallest absolute Gasteiger partial charge is 0.269 e. The van der Waals surface area contributed by atoms with Crippen LogP contribution in [0.4, 0.5) is 5.69 Å². The van der Waals surface area contributed by atoms with Gasteiger partial charge in [0.1, 0.15) is 6.04 Å². The summed E-state index contributed by atoms with van der Waals surface area (Å²) < 4.78 is 0.937. The van der Waals surface area contributed by atoms with Gasteiger partial charge in [0.2, 0.25) is 11.8 Å². The predicted octanol–water partition coefficient (Wildman–Crippen LogP) is 5.37. The van der Waals surface area contributed by atoms with Crippen LogP contribution < -0.4 is 5.32 Å². The van der Waals surface area contributed by atoms with Gasteiger partial charge in [0.25, 0.3) is 5.69 Å². The Balaban J connectivity index is 1.79. The maximum Gasteiger partial charge on any atom is 0.269 e. The fourth-order valence-corrected chi connectivity index (χ4v) is 4.82. The molecule has 0 saturated carbocycles. The quantitative estimate of drug-likeness (QED) is 0.234. The van der Waals surface area contributed by atoms with E-state index >= 15 is 0 Å². The second-order valence-electron chi connectivity index (χ2n) is 8.16. The van der Waals surface area contributed by atoms with Crippen molar-refractivity contribution in [2.75, 3.05) is 12.3 Å². The zero-order valence-corrected chi connectivity index (χ0v) is 22.3. The number of nitro groups is 1. The van der Waals surface area contributed by atoms with E-state index in [0.717, 1.165) is 21.2 Å². The van der Waals surface area contributed by atoms with Gasteiger partial charge in [0.15, 0.2) is 0 Å². The van der Waals surface area contributed by atoms with Crippen molar-refractivity contribution in [3.63, 3.8) is 0 Å². The molecule has 0 fully saturated rings. The summed E-state index contributed by atoms with van der Waals surface area (Å²) in [5, 5.41) is 13.8. The Labute approximate surface area is 223 Å². The number of amides is 2. The first-order valence-electron chi connectivity index (χ1n) is 11.5. The van der Waals surface area contributed by atoms with Crippen LogP contribution in [0.25, 0.3) is 0 Å². The number of nitrogens with zero attached hydrogens (tertiary/aromatic N) is 2. The predicted molar refractivity (Wildman–Crippen MR) is 147 cm³/mol. The van der Waals surface area contributed by atoms with Crippen LogP contribution in [0.3, 0.4) is 0 Å². The lowest BCUT2D eigenvalue weighted by Crippen LogP contribution is -2.51. The molecule has 0 aromatic heterocycles. The van der Waals surface area contributed by atoms with Gasteiger partial charge < -0.3 is 10.2 Å². The fraction of sp³-hybridized carbons (Fsp3) is 0.259. The van der Waals surface area contributed by atoms with Crippen LogP contribution >= 0.6 is 27.7 Å². The van der Waals surface area contributed by atoms with E-state index in [-0.39, 0.29) is 23.3 Å². The molecule has 1 atom stereocenters. The van der Waals surface area contributed by atoms with Crippen LogP contribution in [0.2, 0.25) is 0 Å². The number of rotatable bonds is 12. The van der Waals surface area contributed by atoms with Gasteiger partial charge in [-0.1, -0.05) is 70.5 Å². The summed E-state index contributed by atoms with van der Waals surface area (Å²) in [6, 6.07) is 23.0. The van der Waals surface area contributed by atoms with E-state index in [2.05, 4.69) is 21.2 Å². The van der Waals surface area contributed by atoms with Gasteiger partial charge in [-0.15, -0.1) is 11.8 Å². The molecule has 0 unspecified atom stereocenters. The van der Waals surface area contributed by atoms with E-state index in [9.17, 15) is 19.7 Å². The lowest BCUT2D eigenvalue weighted by Gasteiger charge is -2.31. The second-order valence-corrected chi connectivity index (χ2v) is 10.1. The maximum absolute atomic E-state index is 13.5. The Kier molecular flexibility index (Phi) is 10.5. The molecule has 9 heteroatoms. The SMILES string of the molecule is CCNC(=O)[C@@H](Cc1ccccc1)N(Cc1ccc(Br)cc1)C(=O)CSCc1ccc([N+](=O)[O-])cc1. The van der Waals surface area contributed by atoms with E-state index in [4.69, 9.17) is 0 Å². The molecule has 2 amide bonds. The first kappa shape index (κ1) is 27.4. The Morgan fingerprint density at radius 1 is 0.972 bits per heavy atom. The Bertz CT molecular complexity index is 1160. The van der Waals surface area contributed by atoms with Gasteiger partial charge in [-0.3, -0.25) is 19.7 Å². The molecular weight excluding hydrogens is 542 g/mol. The largest absolute Gasteiger partial charge is 0.355 e. The number of halogens is 1. The average Bonchev–Trinajstić information content (AvgIpc) is 2.88. The summed E-state index contributed by atoms with van der Waals surface area (Å²) in [5.41, 5.74) is 2.82. The van der Waals surface area contributed by atoms with Gasteiger partial charge in [0.05, 0.1) is 10.7 Å². The summed E-state index contributed by atoms with van der Waals surface area (Å²) in [7, 11) is 0. The van der Waals surface area contributed by atoms with Crippen molar-refractivity contribution in [1.29, 1.82) is 0 Å². The summed E-state index contributed by atoms with van der Waals surface area (Å²) in [6.45, 7) is 2.64. The highest BCUT2D eigenvalue weighted by molar-refractivity contribution is 9.10. The van der Waals surface area contributed by atoms with Crippen LogP contribution in [-0.2, 0) is 28.3 Å². The Hall–Kier alpha value is -3.17. The highest BCUT2D eigenvalue weighted by Crippen LogP contribution is 2.21. The standard InChI is InChI=1S/C27H28BrN3O4S/c1-2-29-27(33)25(16-20-6-4-3-5-7-20)30(17-21-8-12-23(28)13-9-21)26(32)19-36-18-22-10-14-24(15-11-22)31(34)35/h3-15,25H,2,16-19H2,1H3,(H,29,33)/t25-/m1/s1. The minimum absolute atomic E-state index is 0.0335. The third-order valence-corrected chi connectivity index (χ3v) is 7.05. The number of thioether (sulfide) groups is 1. The highest BCUT2D eigenvalue weighted by Gasteiger charge is 2.30. The van der Waals surface area contributed by atoms with Gasteiger partial charge in [0, 0.05) is 41.9 Å². The number of hydrogen-bond donors (Lipinski definition) is 1. The van der Waals surface area contributed by atoms with E-state index in [0.29, 0.717) is 25.3 Å². The number of likely N-dealkylation sites (N-methyl/N-ethyl adjacent to an activating group) is 1. The van der Waals surface area contributed by atoms with Crippen molar-refractivity contribution in [2.24, 2.45) is 0 Å². The third kappa shape index (κ3) is 8.20. The molecule has 0 heterocycles. The van der Waals surface area contributed by atoms with Crippen molar-refractivity contribution in [3.05, 3.63) is 110 Å². The monoisotopic (exact) mass is 569 g/mol. The van der Waals surface area contributed by atoms with Gasteiger partial charge in [-0.2, -0.15) is 0 Å². The molecule has 3 rings (SSSR count). The van der Waals surface area contributed by atoms with E-state index in [1.54, 1.807) is 17.0 Å². The van der Waals surface area contributed by atoms with Crippen molar-refractivity contribution in [1.82, 2.24) is 10.2 Å².